The van der Waals surface area contributed by atoms with Gasteiger partial charge >= 0.3 is 0 Å². The minimum Gasteiger partial charge on any atom is -0.398 e. The van der Waals surface area contributed by atoms with Crippen LogP contribution >= 0.6 is 0 Å². The molecule has 1 unspecified atom stereocenters. The van der Waals surface area contributed by atoms with E-state index in [1.165, 1.54) is 0 Å². The van der Waals surface area contributed by atoms with Crippen molar-refractivity contribution in [3.8, 4) is 0 Å². The molecule has 0 saturated heterocycles. The number of fused-ring (bicyclic) bond motifs is 1. The fraction of sp³-hybridized carbons (Fsp3) is 0.0667. The zero-order valence-electron chi connectivity index (χ0n) is 10.2. The first-order valence-corrected chi connectivity index (χ1v) is 5.97. The molecule has 1 atom stereocenters. The van der Waals surface area contributed by atoms with Crippen molar-refractivity contribution < 1.29 is 5.11 Å². The van der Waals surface area contributed by atoms with E-state index in [1.54, 1.807) is 30.9 Å². The summed E-state index contributed by atoms with van der Waals surface area (Å²) in [5.41, 5.74) is 7.74. The summed E-state index contributed by atoms with van der Waals surface area (Å²) in [7, 11) is 0. The molecule has 0 saturated carbocycles. The van der Waals surface area contributed by atoms with Crippen LogP contribution in [0.3, 0.4) is 0 Å². The maximum absolute atomic E-state index is 10.5. The highest BCUT2D eigenvalue weighted by molar-refractivity contribution is 5.85. The van der Waals surface area contributed by atoms with Gasteiger partial charge in [0.25, 0.3) is 0 Å². The lowest BCUT2D eigenvalue weighted by molar-refractivity contribution is 0.222. The lowest BCUT2D eigenvalue weighted by Crippen LogP contribution is -2.05. The van der Waals surface area contributed by atoms with Crippen molar-refractivity contribution in [1.29, 1.82) is 0 Å². The number of anilines is 1. The van der Waals surface area contributed by atoms with E-state index < -0.39 is 6.10 Å². The predicted molar refractivity (Wildman–Crippen MR) is 74.5 cm³/mol. The van der Waals surface area contributed by atoms with Crippen LogP contribution in [0.2, 0.25) is 0 Å². The number of aliphatic hydroxyl groups is 1. The molecule has 2 aromatic heterocycles. The van der Waals surface area contributed by atoms with Gasteiger partial charge in [-0.05, 0) is 11.5 Å². The third-order valence-electron chi connectivity index (χ3n) is 3.18. The average Bonchev–Trinajstić information content (AvgIpc) is 2.46. The van der Waals surface area contributed by atoms with Crippen molar-refractivity contribution in [1.82, 2.24) is 9.97 Å². The van der Waals surface area contributed by atoms with Crippen molar-refractivity contribution in [2.45, 2.75) is 6.10 Å². The molecule has 0 aliphatic rings. The second-order valence-corrected chi connectivity index (χ2v) is 4.36. The maximum atomic E-state index is 10.5. The first-order chi connectivity index (χ1) is 9.27. The van der Waals surface area contributed by atoms with Crippen molar-refractivity contribution >= 4 is 16.5 Å². The summed E-state index contributed by atoms with van der Waals surface area (Å²) < 4.78 is 0. The SMILES string of the molecule is Nc1ccncc1C(O)c1cncc2ccccc12. The van der Waals surface area contributed by atoms with Crippen LogP contribution in [0.1, 0.15) is 17.2 Å². The quantitative estimate of drug-likeness (QED) is 0.733. The van der Waals surface area contributed by atoms with Crippen molar-refractivity contribution in [2.24, 2.45) is 0 Å². The minimum atomic E-state index is -0.827. The zero-order chi connectivity index (χ0) is 13.2. The summed E-state index contributed by atoms with van der Waals surface area (Å²) in [6, 6.07) is 9.48. The molecule has 0 fully saturated rings. The molecular weight excluding hydrogens is 238 g/mol. The zero-order valence-corrected chi connectivity index (χ0v) is 10.2. The highest BCUT2D eigenvalue weighted by atomic mass is 16.3. The summed E-state index contributed by atoms with van der Waals surface area (Å²) in [6.07, 6.45) is 5.80. The minimum absolute atomic E-state index is 0.524. The number of aromatic nitrogens is 2. The third-order valence-corrected chi connectivity index (χ3v) is 3.18. The standard InChI is InChI=1S/C15H13N3O/c16-14-5-6-17-9-13(14)15(19)12-8-18-7-10-3-1-2-4-11(10)12/h1-9,15,19H,(H2,16,17). The lowest BCUT2D eigenvalue weighted by atomic mass is 9.98. The van der Waals surface area contributed by atoms with E-state index in [1.807, 2.05) is 24.3 Å². The van der Waals surface area contributed by atoms with E-state index in [4.69, 9.17) is 5.73 Å². The molecule has 0 aliphatic carbocycles. The summed E-state index contributed by atoms with van der Waals surface area (Å²) in [6.45, 7) is 0. The number of hydrogen-bond donors (Lipinski definition) is 2. The molecule has 0 radical (unpaired) electrons. The normalized spacial score (nSPS) is 12.5. The lowest BCUT2D eigenvalue weighted by Gasteiger charge is -2.15. The predicted octanol–water partition coefficient (Wildman–Crippen LogP) is 2.29. The van der Waals surface area contributed by atoms with E-state index in [2.05, 4.69) is 9.97 Å². The van der Waals surface area contributed by atoms with Crippen LogP contribution in [0.4, 0.5) is 5.69 Å². The largest absolute Gasteiger partial charge is 0.398 e. The van der Waals surface area contributed by atoms with Gasteiger partial charge in [-0.3, -0.25) is 9.97 Å². The van der Waals surface area contributed by atoms with Gasteiger partial charge in [0.1, 0.15) is 6.10 Å². The highest BCUT2D eigenvalue weighted by Crippen LogP contribution is 2.30. The molecule has 4 nitrogen and oxygen atoms in total. The van der Waals surface area contributed by atoms with Gasteiger partial charge in [-0.1, -0.05) is 24.3 Å². The second-order valence-electron chi connectivity index (χ2n) is 4.36. The van der Waals surface area contributed by atoms with E-state index in [-0.39, 0.29) is 0 Å². The second kappa shape index (κ2) is 4.66. The number of benzene rings is 1. The first kappa shape index (κ1) is 11.6. The molecule has 3 rings (SSSR count). The summed E-state index contributed by atoms with van der Waals surface area (Å²) >= 11 is 0. The molecule has 0 amide bonds. The Hall–Kier alpha value is -2.46. The van der Waals surface area contributed by atoms with E-state index in [0.29, 0.717) is 11.3 Å². The Morgan fingerprint density at radius 2 is 1.74 bits per heavy atom. The van der Waals surface area contributed by atoms with Gasteiger partial charge < -0.3 is 10.8 Å². The number of rotatable bonds is 2. The molecule has 3 N–H and O–H groups in total. The van der Waals surface area contributed by atoms with Gasteiger partial charge in [-0.25, -0.2) is 0 Å². The maximum Gasteiger partial charge on any atom is 0.110 e. The summed E-state index contributed by atoms with van der Waals surface area (Å²) in [5, 5.41) is 12.5. The number of pyridine rings is 2. The van der Waals surface area contributed by atoms with Gasteiger partial charge in [-0.15, -0.1) is 0 Å². The van der Waals surface area contributed by atoms with Crippen LogP contribution in [0.15, 0.2) is 55.1 Å². The van der Waals surface area contributed by atoms with Gasteiger partial charge in [-0.2, -0.15) is 0 Å². The topological polar surface area (TPSA) is 72.0 Å². The first-order valence-electron chi connectivity index (χ1n) is 5.97. The van der Waals surface area contributed by atoms with E-state index >= 15 is 0 Å². The van der Waals surface area contributed by atoms with E-state index in [9.17, 15) is 5.11 Å². The molecule has 3 aromatic rings. The van der Waals surface area contributed by atoms with Crippen LogP contribution in [-0.4, -0.2) is 15.1 Å². The smallest absolute Gasteiger partial charge is 0.110 e. The Morgan fingerprint density at radius 1 is 0.947 bits per heavy atom. The molecule has 94 valence electrons. The fourth-order valence-electron chi connectivity index (χ4n) is 2.17. The summed E-state index contributed by atoms with van der Waals surface area (Å²) in [5.74, 6) is 0. The van der Waals surface area contributed by atoms with Crippen molar-refractivity contribution in [3.63, 3.8) is 0 Å². The van der Waals surface area contributed by atoms with Crippen LogP contribution in [0, 0.1) is 0 Å². The molecule has 0 bridgehead atoms. The van der Waals surface area contributed by atoms with Gasteiger partial charge in [0.05, 0.1) is 0 Å². The molecule has 4 heteroatoms. The number of aliphatic hydroxyl groups excluding tert-OH is 1. The van der Waals surface area contributed by atoms with Crippen LogP contribution in [-0.2, 0) is 0 Å². The summed E-state index contributed by atoms with van der Waals surface area (Å²) in [4.78, 5) is 8.18. The Labute approximate surface area is 110 Å². The molecule has 19 heavy (non-hydrogen) atoms. The van der Waals surface area contributed by atoms with Gasteiger partial charge in [0.2, 0.25) is 0 Å². The fourth-order valence-corrected chi connectivity index (χ4v) is 2.17. The Kier molecular flexibility index (Phi) is 2.85. The Bertz CT molecular complexity index is 722. The molecule has 0 aliphatic heterocycles. The van der Waals surface area contributed by atoms with Crippen LogP contribution < -0.4 is 5.73 Å². The molecule has 1 aromatic carbocycles. The number of nitrogens with zero attached hydrogens (tertiary/aromatic N) is 2. The van der Waals surface area contributed by atoms with E-state index in [0.717, 1.165) is 16.3 Å². The highest BCUT2D eigenvalue weighted by Gasteiger charge is 2.16. The number of nitrogen functional groups attached to an aromatic ring is 1. The van der Waals surface area contributed by atoms with Gasteiger partial charge in [0, 0.05) is 47.0 Å². The van der Waals surface area contributed by atoms with Gasteiger partial charge in [0.15, 0.2) is 0 Å². The monoisotopic (exact) mass is 251 g/mol. The number of hydrogen-bond acceptors (Lipinski definition) is 4. The Balaban J connectivity index is 2.17. The van der Waals surface area contributed by atoms with Crippen LogP contribution in [0.25, 0.3) is 10.8 Å². The Morgan fingerprint density at radius 3 is 2.58 bits per heavy atom. The van der Waals surface area contributed by atoms with Crippen molar-refractivity contribution in [3.05, 3.63) is 66.2 Å². The molecular formula is C15H13N3O. The third kappa shape index (κ3) is 2.02. The van der Waals surface area contributed by atoms with Crippen LogP contribution in [0.5, 0.6) is 0 Å². The average molecular weight is 251 g/mol. The molecule has 0 spiro atoms. The number of nitrogens with two attached hydrogens (primary N) is 1. The molecule has 2 heterocycles. The van der Waals surface area contributed by atoms with Crippen molar-refractivity contribution in [2.75, 3.05) is 5.73 Å².